The number of Topliss-reactive ketones (excluding diaryl/α,β-unsaturated/α-hetero) is 1. The van der Waals surface area contributed by atoms with Crippen LogP contribution in [0.2, 0.25) is 0 Å². The highest BCUT2D eigenvalue weighted by Crippen LogP contribution is 2.51. The monoisotopic (exact) mass is 415 g/mol. The lowest BCUT2D eigenvalue weighted by molar-refractivity contribution is -0.120. The summed E-state index contributed by atoms with van der Waals surface area (Å²) < 4.78 is 10.9. The molecule has 1 saturated carbocycles. The van der Waals surface area contributed by atoms with Gasteiger partial charge in [-0.1, -0.05) is 48.5 Å². The maximum Gasteiger partial charge on any atom is 0.231 e. The molecule has 1 fully saturated rings. The largest absolute Gasteiger partial charge is 0.454 e. The molecule has 3 aromatic carbocycles. The van der Waals surface area contributed by atoms with Crippen LogP contribution in [0.1, 0.15) is 36.5 Å². The molecular formula is C27H29NO3. The number of hydrogen-bond acceptors (Lipinski definition) is 4. The summed E-state index contributed by atoms with van der Waals surface area (Å²) >= 11 is 0. The summed E-state index contributed by atoms with van der Waals surface area (Å²) in [6.45, 7) is 3.23. The van der Waals surface area contributed by atoms with Crippen molar-refractivity contribution >= 4 is 5.78 Å². The van der Waals surface area contributed by atoms with Crippen molar-refractivity contribution in [2.75, 3.05) is 13.8 Å². The van der Waals surface area contributed by atoms with Crippen LogP contribution in [0, 0.1) is 6.92 Å². The smallest absolute Gasteiger partial charge is 0.231 e. The summed E-state index contributed by atoms with van der Waals surface area (Å²) in [6, 6.07) is 20.9. The van der Waals surface area contributed by atoms with E-state index in [1.165, 1.54) is 22.3 Å². The second kappa shape index (κ2) is 7.86. The quantitative estimate of drug-likeness (QED) is 0.576. The highest BCUT2D eigenvalue weighted by atomic mass is 16.7. The number of nitrogens with one attached hydrogen (secondary N) is 1. The molecule has 4 heteroatoms. The van der Waals surface area contributed by atoms with E-state index < -0.39 is 0 Å². The van der Waals surface area contributed by atoms with E-state index in [1.54, 1.807) is 0 Å². The molecule has 31 heavy (non-hydrogen) atoms. The van der Waals surface area contributed by atoms with Crippen LogP contribution < -0.4 is 14.8 Å². The normalized spacial score (nSPS) is 15.7. The van der Waals surface area contributed by atoms with Crippen LogP contribution in [-0.4, -0.2) is 19.6 Å². The molecule has 160 valence electrons. The molecule has 0 saturated heterocycles. The standard InChI is InChI=1S/C27H27NO3.H2/c1-18-3-4-20(13-23(18)21-7-5-19(6-8-21)16-28-2)14-26(29)27(11-12-27)22-9-10-24-25(15-22)31-17-30-24;/h3-10,13,15,28H,11-12,14,16-17H2,1-2H3;1H. The third kappa shape index (κ3) is 3.72. The fourth-order valence-electron chi connectivity index (χ4n) is 4.50. The summed E-state index contributed by atoms with van der Waals surface area (Å²) in [7, 11) is 1.95. The van der Waals surface area contributed by atoms with Gasteiger partial charge in [-0.25, -0.2) is 0 Å². The highest BCUT2D eigenvalue weighted by Gasteiger charge is 2.50. The van der Waals surface area contributed by atoms with Gasteiger partial charge in [-0.15, -0.1) is 0 Å². The molecule has 5 rings (SSSR count). The predicted octanol–water partition coefficient (Wildman–Crippen LogP) is 5.20. The first-order chi connectivity index (χ1) is 15.1. The molecule has 0 amide bonds. The number of carbonyl (C=O) groups is 1. The Hall–Kier alpha value is -3.11. The number of ether oxygens (including phenoxy) is 2. The summed E-state index contributed by atoms with van der Waals surface area (Å²) in [5.74, 6) is 1.79. The van der Waals surface area contributed by atoms with E-state index in [2.05, 4.69) is 54.7 Å². The average molecular weight is 416 g/mol. The van der Waals surface area contributed by atoms with Crippen molar-refractivity contribution in [3.8, 4) is 22.6 Å². The molecule has 0 radical (unpaired) electrons. The number of fused-ring (bicyclic) bond motifs is 1. The Morgan fingerprint density at radius 1 is 0.968 bits per heavy atom. The Balaban J connectivity index is 0.00000245. The molecule has 4 nitrogen and oxygen atoms in total. The first kappa shape index (κ1) is 19.8. The molecule has 1 heterocycles. The zero-order chi connectivity index (χ0) is 21.4. The number of carbonyl (C=O) groups excluding carboxylic acids is 1. The Kier molecular flexibility index (Phi) is 5.03. The zero-order valence-corrected chi connectivity index (χ0v) is 18.0. The van der Waals surface area contributed by atoms with Gasteiger partial charge < -0.3 is 14.8 Å². The number of aryl methyl sites for hydroxylation is 1. The molecule has 0 spiro atoms. The number of rotatable bonds is 7. The Morgan fingerprint density at radius 3 is 2.45 bits per heavy atom. The molecule has 1 N–H and O–H groups in total. The molecule has 1 aliphatic carbocycles. The van der Waals surface area contributed by atoms with Gasteiger partial charge >= 0.3 is 0 Å². The van der Waals surface area contributed by atoms with E-state index in [-0.39, 0.29) is 19.4 Å². The Labute approximate surface area is 184 Å². The van der Waals surface area contributed by atoms with Crippen molar-refractivity contribution < 1.29 is 15.7 Å². The summed E-state index contributed by atoms with van der Waals surface area (Å²) in [4.78, 5) is 13.4. The molecule has 0 aromatic heterocycles. The molecule has 1 aliphatic heterocycles. The molecule has 0 unspecified atom stereocenters. The van der Waals surface area contributed by atoms with Crippen LogP contribution in [0.3, 0.4) is 0 Å². The van der Waals surface area contributed by atoms with Gasteiger partial charge in [0.1, 0.15) is 5.78 Å². The zero-order valence-electron chi connectivity index (χ0n) is 18.0. The summed E-state index contributed by atoms with van der Waals surface area (Å²) in [5.41, 5.74) is 6.59. The van der Waals surface area contributed by atoms with Crippen LogP contribution in [0.15, 0.2) is 60.7 Å². The van der Waals surface area contributed by atoms with Crippen LogP contribution >= 0.6 is 0 Å². The van der Waals surface area contributed by atoms with Gasteiger partial charge in [0.05, 0.1) is 5.41 Å². The molecule has 0 bridgehead atoms. The number of ketones is 1. The lowest BCUT2D eigenvalue weighted by atomic mass is 9.87. The maximum absolute atomic E-state index is 13.4. The maximum atomic E-state index is 13.4. The number of benzene rings is 3. The van der Waals surface area contributed by atoms with Crippen LogP contribution in [0.25, 0.3) is 11.1 Å². The van der Waals surface area contributed by atoms with Crippen molar-refractivity contribution in [3.63, 3.8) is 0 Å². The Morgan fingerprint density at radius 2 is 1.71 bits per heavy atom. The van der Waals surface area contributed by atoms with Gasteiger partial charge in [-0.2, -0.15) is 0 Å². The Bertz CT molecular complexity index is 1140. The first-order valence-electron chi connectivity index (χ1n) is 10.9. The van der Waals surface area contributed by atoms with E-state index in [4.69, 9.17) is 9.47 Å². The van der Waals surface area contributed by atoms with Gasteiger partial charge in [0.25, 0.3) is 0 Å². The summed E-state index contributed by atoms with van der Waals surface area (Å²) in [5, 5.41) is 3.18. The van der Waals surface area contributed by atoms with E-state index >= 15 is 0 Å². The van der Waals surface area contributed by atoms with Crippen LogP contribution in [0.4, 0.5) is 0 Å². The van der Waals surface area contributed by atoms with E-state index in [0.29, 0.717) is 6.42 Å². The molecule has 0 atom stereocenters. The van der Waals surface area contributed by atoms with Crippen molar-refractivity contribution in [2.24, 2.45) is 0 Å². The van der Waals surface area contributed by atoms with Crippen molar-refractivity contribution in [3.05, 3.63) is 82.9 Å². The van der Waals surface area contributed by atoms with Crippen LogP contribution in [-0.2, 0) is 23.2 Å². The fourth-order valence-corrected chi connectivity index (χ4v) is 4.50. The number of hydrogen-bond donors (Lipinski definition) is 1. The van der Waals surface area contributed by atoms with Crippen LogP contribution in [0.5, 0.6) is 11.5 Å². The fraction of sp³-hybridized carbons (Fsp3) is 0.296. The van der Waals surface area contributed by atoms with Crippen molar-refractivity contribution in [1.82, 2.24) is 5.32 Å². The second-order valence-corrected chi connectivity index (χ2v) is 8.63. The third-order valence-electron chi connectivity index (χ3n) is 6.52. The minimum atomic E-state index is -0.374. The van der Waals surface area contributed by atoms with Crippen molar-refractivity contribution in [2.45, 2.75) is 38.1 Å². The minimum Gasteiger partial charge on any atom is -0.454 e. The van der Waals surface area contributed by atoms with Crippen molar-refractivity contribution in [1.29, 1.82) is 0 Å². The van der Waals surface area contributed by atoms with Gasteiger partial charge in [-0.05, 0) is 72.3 Å². The van der Waals surface area contributed by atoms with Gasteiger partial charge in [0, 0.05) is 14.4 Å². The molecule has 2 aliphatic rings. The predicted molar refractivity (Wildman–Crippen MR) is 124 cm³/mol. The van der Waals surface area contributed by atoms with E-state index in [9.17, 15) is 4.79 Å². The van der Waals surface area contributed by atoms with Gasteiger partial charge in [-0.3, -0.25) is 4.79 Å². The topological polar surface area (TPSA) is 47.6 Å². The lowest BCUT2D eigenvalue weighted by Crippen LogP contribution is -2.22. The van der Waals surface area contributed by atoms with Gasteiger partial charge in [0.15, 0.2) is 11.5 Å². The SMILES string of the molecule is CNCc1ccc(-c2cc(CC(=O)C3(c4ccc5c(c4)OCO5)CC3)ccc2C)cc1.[HH]. The van der Waals surface area contributed by atoms with Gasteiger partial charge in [0.2, 0.25) is 6.79 Å². The van der Waals surface area contributed by atoms with E-state index in [1.807, 2.05) is 25.2 Å². The first-order valence-corrected chi connectivity index (χ1v) is 10.9. The minimum absolute atomic E-state index is 0. The third-order valence-corrected chi connectivity index (χ3v) is 6.52. The molecular weight excluding hydrogens is 386 g/mol. The molecule has 3 aromatic rings. The lowest BCUT2D eigenvalue weighted by Gasteiger charge is -2.16. The summed E-state index contributed by atoms with van der Waals surface area (Å²) in [6.07, 6.45) is 2.24. The second-order valence-electron chi connectivity index (χ2n) is 8.63. The highest BCUT2D eigenvalue weighted by molar-refractivity contribution is 5.95. The van der Waals surface area contributed by atoms with E-state index in [0.717, 1.165) is 42.0 Å². The average Bonchev–Trinajstić information content (AvgIpc) is 3.47.